The van der Waals surface area contributed by atoms with Crippen LogP contribution in [0.15, 0.2) is 61.1 Å². The van der Waals surface area contributed by atoms with Crippen molar-refractivity contribution in [2.45, 2.75) is 38.6 Å². The Balaban J connectivity index is 1.41. The largest absolute Gasteiger partial charge is 0.305 e. The van der Waals surface area contributed by atoms with E-state index in [1.54, 1.807) is 29.3 Å². The van der Waals surface area contributed by atoms with Crippen molar-refractivity contribution >= 4 is 11.7 Å². The molecule has 5 rings (SSSR count). The molecule has 0 spiro atoms. The standard InChI is InChI=1S/C25H28N8O/c1-17(2)32-12-9-18(10-13-32)22-14-24(33(31-22)23-8-3-4-11-26-23)30-25(34)21-7-5-6-20(29-21)19-15-27-28-16-19/h3-8,11,14-18H,9-10,12-13H2,1-2H3,(H,27,28)(H,30,34). The molecule has 0 saturated carbocycles. The van der Waals surface area contributed by atoms with Gasteiger partial charge in [-0.15, -0.1) is 0 Å². The Morgan fingerprint density at radius 3 is 2.71 bits per heavy atom. The molecule has 1 amide bonds. The first-order valence-electron chi connectivity index (χ1n) is 11.6. The van der Waals surface area contributed by atoms with Crippen molar-refractivity contribution in [1.82, 2.24) is 34.8 Å². The van der Waals surface area contributed by atoms with E-state index in [1.165, 1.54) is 0 Å². The van der Waals surface area contributed by atoms with Crippen LogP contribution in [0.4, 0.5) is 5.82 Å². The zero-order valence-corrected chi connectivity index (χ0v) is 19.3. The molecule has 1 aliphatic heterocycles. The van der Waals surface area contributed by atoms with Crippen LogP contribution in [0.5, 0.6) is 0 Å². The van der Waals surface area contributed by atoms with E-state index in [1.807, 2.05) is 36.4 Å². The fourth-order valence-corrected chi connectivity index (χ4v) is 4.35. The molecule has 1 saturated heterocycles. The molecule has 34 heavy (non-hydrogen) atoms. The Hall–Kier alpha value is -3.85. The van der Waals surface area contributed by atoms with Crippen molar-refractivity contribution in [1.29, 1.82) is 0 Å². The average molecular weight is 457 g/mol. The molecule has 0 aromatic carbocycles. The van der Waals surface area contributed by atoms with Crippen LogP contribution in [-0.4, -0.2) is 59.9 Å². The molecule has 0 atom stereocenters. The lowest BCUT2D eigenvalue weighted by Gasteiger charge is -2.33. The lowest BCUT2D eigenvalue weighted by molar-refractivity contribution is 0.102. The van der Waals surface area contributed by atoms with E-state index in [0.717, 1.165) is 37.2 Å². The number of carbonyl (C=O) groups excluding carboxylic acids is 1. The summed E-state index contributed by atoms with van der Waals surface area (Å²) in [5, 5.41) is 14.6. The highest BCUT2D eigenvalue weighted by Gasteiger charge is 2.26. The highest BCUT2D eigenvalue weighted by atomic mass is 16.2. The van der Waals surface area contributed by atoms with Gasteiger partial charge in [0.15, 0.2) is 5.82 Å². The van der Waals surface area contributed by atoms with Crippen LogP contribution < -0.4 is 5.32 Å². The summed E-state index contributed by atoms with van der Waals surface area (Å²) in [5.74, 6) is 1.28. The minimum absolute atomic E-state index is 0.302. The van der Waals surface area contributed by atoms with Crippen LogP contribution in [0.2, 0.25) is 0 Å². The summed E-state index contributed by atoms with van der Waals surface area (Å²) in [5.41, 5.74) is 2.80. The number of hydrogen-bond donors (Lipinski definition) is 2. The molecular weight excluding hydrogens is 428 g/mol. The van der Waals surface area contributed by atoms with Gasteiger partial charge in [0.25, 0.3) is 5.91 Å². The molecule has 1 fully saturated rings. The van der Waals surface area contributed by atoms with Gasteiger partial charge in [-0.1, -0.05) is 12.1 Å². The fourth-order valence-electron chi connectivity index (χ4n) is 4.35. The summed E-state index contributed by atoms with van der Waals surface area (Å²) >= 11 is 0. The third kappa shape index (κ3) is 4.60. The number of rotatable bonds is 6. The lowest BCUT2D eigenvalue weighted by Crippen LogP contribution is -2.37. The van der Waals surface area contributed by atoms with Crippen molar-refractivity contribution in [3.8, 4) is 17.1 Å². The third-order valence-corrected chi connectivity index (χ3v) is 6.29. The van der Waals surface area contributed by atoms with Crippen LogP contribution in [0.25, 0.3) is 17.1 Å². The first-order chi connectivity index (χ1) is 16.6. The number of likely N-dealkylation sites (tertiary alicyclic amines) is 1. The molecule has 5 heterocycles. The van der Waals surface area contributed by atoms with E-state index in [-0.39, 0.29) is 5.91 Å². The maximum Gasteiger partial charge on any atom is 0.275 e. The summed E-state index contributed by atoms with van der Waals surface area (Å²) in [4.78, 5) is 24.6. The first kappa shape index (κ1) is 22.0. The molecule has 1 aliphatic rings. The van der Waals surface area contributed by atoms with Crippen molar-refractivity contribution in [2.24, 2.45) is 0 Å². The van der Waals surface area contributed by atoms with E-state index in [2.05, 4.69) is 44.2 Å². The molecule has 0 aliphatic carbocycles. The number of nitrogens with one attached hydrogen (secondary N) is 2. The number of H-pyrrole nitrogens is 1. The molecule has 4 aromatic rings. The fraction of sp³-hybridized carbons (Fsp3) is 0.320. The average Bonchev–Trinajstić information content (AvgIpc) is 3.55. The number of aromatic amines is 1. The minimum atomic E-state index is -0.302. The predicted octanol–water partition coefficient (Wildman–Crippen LogP) is 3.89. The van der Waals surface area contributed by atoms with Gasteiger partial charge in [0, 0.05) is 36.0 Å². The van der Waals surface area contributed by atoms with Gasteiger partial charge in [0.05, 0.1) is 17.6 Å². The van der Waals surface area contributed by atoms with E-state index in [0.29, 0.717) is 35.0 Å². The normalized spacial score (nSPS) is 15.0. The number of amides is 1. The molecule has 2 N–H and O–H groups in total. The SMILES string of the molecule is CC(C)N1CCC(c2cc(NC(=O)c3cccc(-c4cn[nH]c4)n3)n(-c3ccccn3)n2)CC1. The van der Waals surface area contributed by atoms with Gasteiger partial charge in [-0.25, -0.2) is 9.97 Å². The van der Waals surface area contributed by atoms with Crippen LogP contribution >= 0.6 is 0 Å². The summed E-state index contributed by atoms with van der Waals surface area (Å²) < 4.78 is 1.71. The van der Waals surface area contributed by atoms with E-state index < -0.39 is 0 Å². The molecule has 0 unspecified atom stereocenters. The Bertz CT molecular complexity index is 1240. The number of aromatic nitrogens is 6. The van der Waals surface area contributed by atoms with Crippen molar-refractivity contribution < 1.29 is 4.79 Å². The Kier molecular flexibility index (Phi) is 6.18. The van der Waals surface area contributed by atoms with Gasteiger partial charge < -0.3 is 10.2 Å². The highest BCUT2D eigenvalue weighted by Crippen LogP contribution is 2.30. The van der Waals surface area contributed by atoms with Gasteiger partial charge in [0.1, 0.15) is 11.5 Å². The number of hydrogen-bond acceptors (Lipinski definition) is 6. The van der Waals surface area contributed by atoms with Gasteiger partial charge in [0.2, 0.25) is 0 Å². The number of anilines is 1. The molecule has 0 radical (unpaired) electrons. The smallest absolute Gasteiger partial charge is 0.275 e. The predicted molar refractivity (Wildman–Crippen MR) is 130 cm³/mol. The molecule has 0 bridgehead atoms. The zero-order chi connectivity index (χ0) is 23.5. The zero-order valence-electron chi connectivity index (χ0n) is 19.3. The number of pyridine rings is 2. The first-order valence-corrected chi connectivity index (χ1v) is 11.6. The van der Waals surface area contributed by atoms with Gasteiger partial charge in [-0.3, -0.25) is 9.89 Å². The van der Waals surface area contributed by atoms with Crippen molar-refractivity contribution in [3.63, 3.8) is 0 Å². The van der Waals surface area contributed by atoms with Gasteiger partial charge in [-0.05, 0) is 64.0 Å². The number of nitrogens with zero attached hydrogens (tertiary/aromatic N) is 6. The van der Waals surface area contributed by atoms with Gasteiger partial charge >= 0.3 is 0 Å². The second-order valence-electron chi connectivity index (χ2n) is 8.81. The Labute approximate surface area is 198 Å². The van der Waals surface area contributed by atoms with Crippen LogP contribution in [0.1, 0.15) is 48.8 Å². The monoisotopic (exact) mass is 456 g/mol. The molecule has 9 heteroatoms. The Morgan fingerprint density at radius 1 is 1.15 bits per heavy atom. The van der Waals surface area contributed by atoms with Crippen LogP contribution in [0, 0.1) is 0 Å². The summed E-state index contributed by atoms with van der Waals surface area (Å²) in [7, 11) is 0. The molecule has 174 valence electrons. The molecule has 9 nitrogen and oxygen atoms in total. The minimum Gasteiger partial charge on any atom is -0.305 e. The third-order valence-electron chi connectivity index (χ3n) is 6.29. The quantitative estimate of drug-likeness (QED) is 0.456. The molecular formula is C25H28N8O. The topological polar surface area (TPSA) is 105 Å². The lowest BCUT2D eigenvalue weighted by atomic mass is 9.93. The summed E-state index contributed by atoms with van der Waals surface area (Å²) in [6.45, 7) is 6.56. The second kappa shape index (κ2) is 9.56. The van der Waals surface area contributed by atoms with Crippen molar-refractivity contribution in [3.05, 3.63) is 72.4 Å². The summed E-state index contributed by atoms with van der Waals surface area (Å²) in [6.07, 6.45) is 7.23. The van der Waals surface area contributed by atoms with E-state index >= 15 is 0 Å². The maximum atomic E-state index is 13.2. The van der Waals surface area contributed by atoms with Crippen molar-refractivity contribution in [2.75, 3.05) is 18.4 Å². The van der Waals surface area contributed by atoms with Gasteiger partial charge in [-0.2, -0.15) is 14.9 Å². The Morgan fingerprint density at radius 2 is 2.00 bits per heavy atom. The van der Waals surface area contributed by atoms with Crippen LogP contribution in [0.3, 0.4) is 0 Å². The highest BCUT2D eigenvalue weighted by molar-refractivity contribution is 6.02. The van der Waals surface area contributed by atoms with E-state index in [4.69, 9.17) is 5.10 Å². The van der Waals surface area contributed by atoms with Crippen LogP contribution in [-0.2, 0) is 0 Å². The van der Waals surface area contributed by atoms with E-state index in [9.17, 15) is 4.79 Å². The maximum absolute atomic E-state index is 13.2. The summed E-state index contributed by atoms with van der Waals surface area (Å²) in [6, 6.07) is 13.5. The number of piperidine rings is 1. The second-order valence-corrected chi connectivity index (χ2v) is 8.81. The number of carbonyl (C=O) groups is 1. The molecule has 4 aromatic heterocycles.